The van der Waals surface area contributed by atoms with Crippen LogP contribution in [0.5, 0.6) is 0 Å². The maximum atomic E-state index is 12.4. The topological polar surface area (TPSA) is 45.2 Å². The fourth-order valence-electron chi connectivity index (χ4n) is 3.69. The van der Waals surface area contributed by atoms with Gasteiger partial charge in [-0.2, -0.15) is 0 Å². The molecule has 122 valence electrons. The Morgan fingerprint density at radius 1 is 1.41 bits per heavy atom. The van der Waals surface area contributed by atoms with Gasteiger partial charge in [0.2, 0.25) is 0 Å². The van der Waals surface area contributed by atoms with Crippen LogP contribution in [0.15, 0.2) is 11.6 Å². The number of hydrogen-bond acceptors (Lipinski definition) is 3. The van der Waals surface area contributed by atoms with Gasteiger partial charge in [-0.3, -0.25) is 0 Å². The molecule has 0 saturated heterocycles. The van der Waals surface area contributed by atoms with Crippen LogP contribution in [0.4, 0.5) is 4.79 Å². The molecule has 1 aromatic heterocycles. The summed E-state index contributed by atoms with van der Waals surface area (Å²) in [7, 11) is 1.89. The van der Waals surface area contributed by atoms with Crippen molar-refractivity contribution in [2.24, 2.45) is 11.8 Å². The van der Waals surface area contributed by atoms with E-state index >= 15 is 0 Å². The number of carbonyl (C=O) groups excluding carboxylic acids is 1. The highest BCUT2D eigenvalue weighted by atomic mass is 32.1. The second-order valence-corrected chi connectivity index (χ2v) is 7.99. The summed E-state index contributed by atoms with van der Waals surface area (Å²) in [6.07, 6.45) is 9.63. The lowest BCUT2D eigenvalue weighted by Gasteiger charge is -2.31. The number of likely N-dealkylation sites (N-methyl/N-ethyl adjacent to an activating group) is 1. The van der Waals surface area contributed by atoms with Crippen molar-refractivity contribution in [2.45, 2.75) is 57.4 Å². The Balaban J connectivity index is 1.46. The average Bonchev–Trinajstić information content (AvgIpc) is 3.22. The van der Waals surface area contributed by atoms with Crippen molar-refractivity contribution in [3.8, 4) is 0 Å². The Bertz CT molecular complexity index is 486. The maximum absolute atomic E-state index is 12.4. The number of urea groups is 1. The molecule has 2 fully saturated rings. The molecular formula is C17H27N3OS. The highest BCUT2D eigenvalue weighted by molar-refractivity contribution is 7.09. The van der Waals surface area contributed by atoms with E-state index in [0.717, 1.165) is 29.8 Å². The Labute approximate surface area is 137 Å². The molecule has 3 rings (SSSR count). The molecule has 0 aliphatic heterocycles. The maximum Gasteiger partial charge on any atom is 0.317 e. The zero-order chi connectivity index (χ0) is 15.5. The van der Waals surface area contributed by atoms with E-state index in [1.807, 2.05) is 23.5 Å². The highest BCUT2D eigenvalue weighted by Crippen LogP contribution is 2.43. The van der Waals surface area contributed by atoms with Crippen LogP contribution in [0.1, 0.15) is 56.4 Å². The molecule has 0 spiro atoms. The van der Waals surface area contributed by atoms with Gasteiger partial charge in [-0.1, -0.05) is 19.8 Å². The lowest BCUT2D eigenvalue weighted by Crippen LogP contribution is -2.46. The van der Waals surface area contributed by atoms with Crippen molar-refractivity contribution in [1.82, 2.24) is 15.2 Å². The third kappa shape index (κ3) is 4.00. The zero-order valence-electron chi connectivity index (χ0n) is 13.6. The SMILES string of the molecule is C[C@H](CN(C)C(=O)N[C@@H]1CCC[C@@H](C2CC2)C1)c1nccs1. The fourth-order valence-corrected chi connectivity index (χ4v) is 4.38. The number of carbonyl (C=O) groups is 1. The minimum atomic E-state index is 0.0739. The molecule has 2 aliphatic carbocycles. The van der Waals surface area contributed by atoms with Gasteiger partial charge in [0.1, 0.15) is 0 Å². The van der Waals surface area contributed by atoms with Crippen molar-refractivity contribution in [1.29, 1.82) is 0 Å². The molecule has 1 aromatic rings. The summed E-state index contributed by atoms with van der Waals surface area (Å²) in [6.45, 7) is 2.85. The van der Waals surface area contributed by atoms with E-state index in [4.69, 9.17) is 0 Å². The summed E-state index contributed by atoms with van der Waals surface area (Å²) >= 11 is 1.66. The summed E-state index contributed by atoms with van der Waals surface area (Å²) in [4.78, 5) is 18.6. The summed E-state index contributed by atoms with van der Waals surface area (Å²) in [6, 6.07) is 0.453. The van der Waals surface area contributed by atoms with E-state index in [1.54, 1.807) is 11.3 Å². The summed E-state index contributed by atoms with van der Waals surface area (Å²) in [5, 5.41) is 6.35. The van der Waals surface area contributed by atoms with Gasteiger partial charge < -0.3 is 10.2 Å². The molecule has 1 N–H and O–H groups in total. The predicted octanol–water partition coefficient (Wildman–Crippen LogP) is 3.86. The monoisotopic (exact) mass is 321 g/mol. The third-order valence-electron chi connectivity index (χ3n) is 5.10. The summed E-state index contributed by atoms with van der Waals surface area (Å²) < 4.78 is 0. The fraction of sp³-hybridized carbons (Fsp3) is 0.765. The average molecular weight is 321 g/mol. The van der Waals surface area contributed by atoms with Gasteiger partial charge >= 0.3 is 6.03 Å². The van der Waals surface area contributed by atoms with Crippen LogP contribution < -0.4 is 5.32 Å². The van der Waals surface area contributed by atoms with Crippen molar-refractivity contribution in [3.63, 3.8) is 0 Å². The van der Waals surface area contributed by atoms with Gasteiger partial charge in [0.05, 0.1) is 5.01 Å². The van der Waals surface area contributed by atoms with Gasteiger partial charge in [-0.05, 0) is 37.5 Å². The van der Waals surface area contributed by atoms with E-state index in [1.165, 1.54) is 32.1 Å². The minimum absolute atomic E-state index is 0.0739. The minimum Gasteiger partial charge on any atom is -0.335 e. The Kier molecular flexibility index (Phi) is 5.01. The molecule has 1 heterocycles. The van der Waals surface area contributed by atoms with Crippen LogP contribution in [-0.4, -0.2) is 35.5 Å². The van der Waals surface area contributed by atoms with Gasteiger partial charge in [-0.15, -0.1) is 11.3 Å². The van der Waals surface area contributed by atoms with E-state index < -0.39 is 0 Å². The van der Waals surface area contributed by atoms with E-state index in [0.29, 0.717) is 12.0 Å². The molecular weight excluding hydrogens is 294 g/mol. The summed E-state index contributed by atoms with van der Waals surface area (Å²) in [5.41, 5.74) is 0. The molecule has 22 heavy (non-hydrogen) atoms. The quantitative estimate of drug-likeness (QED) is 0.895. The number of amides is 2. The molecule has 2 saturated carbocycles. The first-order valence-corrected chi connectivity index (χ1v) is 9.42. The van der Waals surface area contributed by atoms with Crippen LogP contribution in [0.3, 0.4) is 0 Å². The van der Waals surface area contributed by atoms with Crippen LogP contribution in [0.25, 0.3) is 0 Å². The number of hydrogen-bond donors (Lipinski definition) is 1. The van der Waals surface area contributed by atoms with Crippen LogP contribution in [0, 0.1) is 11.8 Å². The normalized spacial score (nSPS) is 26.5. The van der Waals surface area contributed by atoms with Gasteiger partial charge in [-0.25, -0.2) is 9.78 Å². The van der Waals surface area contributed by atoms with Crippen LogP contribution >= 0.6 is 11.3 Å². The second kappa shape index (κ2) is 6.99. The first kappa shape index (κ1) is 15.8. The van der Waals surface area contributed by atoms with Crippen molar-refractivity contribution < 1.29 is 4.79 Å². The Hall–Kier alpha value is -1.10. The molecule has 2 amide bonds. The molecule has 5 heteroatoms. The molecule has 4 nitrogen and oxygen atoms in total. The first-order chi connectivity index (χ1) is 10.6. The van der Waals surface area contributed by atoms with Crippen LogP contribution in [0.2, 0.25) is 0 Å². The predicted molar refractivity (Wildman–Crippen MR) is 90.2 cm³/mol. The largest absolute Gasteiger partial charge is 0.335 e. The lowest BCUT2D eigenvalue weighted by atomic mass is 9.83. The van der Waals surface area contributed by atoms with Crippen LogP contribution in [-0.2, 0) is 0 Å². The number of nitrogens with zero attached hydrogens (tertiary/aromatic N) is 2. The lowest BCUT2D eigenvalue weighted by molar-refractivity contribution is 0.191. The Morgan fingerprint density at radius 3 is 2.91 bits per heavy atom. The molecule has 2 aliphatic rings. The smallest absolute Gasteiger partial charge is 0.317 e. The highest BCUT2D eigenvalue weighted by Gasteiger charge is 2.35. The number of rotatable bonds is 5. The van der Waals surface area contributed by atoms with Crippen molar-refractivity contribution >= 4 is 17.4 Å². The molecule has 0 unspecified atom stereocenters. The molecule has 0 radical (unpaired) electrons. The Morgan fingerprint density at radius 2 is 2.23 bits per heavy atom. The van der Waals surface area contributed by atoms with Gasteiger partial charge in [0.15, 0.2) is 0 Å². The van der Waals surface area contributed by atoms with E-state index in [2.05, 4.69) is 17.2 Å². The molecule has 0 aromatic carbocycles. The van der Waals surface area contributed by atoms with E-state index in [-0.39, 0.29) is 6.03 Å². The number of nitrogens with one attached hydrogen (secondary N) is 1. The molecule has 0 bridgehead atoms. The molecule has 3 atom stereocenters. The van der Waals surface area contributed by atoms with E-state index in [9.17, 15) is 4.79 Å². The number of aromatic nitrogens is 1. The van der Waals surface area contributed by atoms with Crippen molar-refractivity contribution in [3.05, 3.63) is 16.6 Å². The third-order valence-corrected chi connectivity index (χ3v) is 6.11. The standard InChI is InChI=1S/C17H27N3OS/c1-12(16-18-8-9-22-16)11-20(2)17(21)19-15-5-3-4-14(10-15)13-6-7-13/h8-9,12-15H,3-7,10-11H2,1-2H3,(H,19,21)/t12-,14-,15-/m1/s1. The van der Waals surface area contributed by atoms with Gasteiger partial charge in [0, 0.05) is 37.1 Å². The van der Waals surface area contributed by atoms with Crippen molar-refractivity contribution in [2.75, 3.05) is 13.6 Å². The zero-order valence-corrected chi connectivity index (χ0v) is 14.4. The summed E-state index contributed by atoms with van der Waals surface area (Å²) in [5.74, 6) is 2.11. The van der Waals surface area contributed by atoms with Gasteiger partial charge in [0.25, 0.3) is 0 Å². The first-order valence-electron chi connectivity index (χ1n) is 8.54. The number of thiazole rings is 1. The second-order valence-electron chi connectivity index (χ2n) is 7.06.